The first kappa shape index (κ1) is 6.27. The molecule has 0 saturated carbocycles. The largest absolute Gasteiger partial charge is 0.233 e. The Morgan fingerprint density at radius 2 is 2.27 bits per heavy atom. The van der Waals surface area contributed by atoms with Crippen LogP contribution in [0.1, 0.15) is 5.69 Å². The zero-order valence-electron chi connectivity index (χ0n) is 5.95. The van der Waals surface area contributed by atoms with Crippen LogP contribution in [-0.2, 0) is 0 Å². The molecule has 0 amide bonds. The van der Waals surface area contributed by atoms with Gasteiger partial charge in [-0.2, -0.15) is 14.5 Å². The molecule has 0 N–H and O–H groups in total. The molecule has 0 aliphatic carbocycles. The third-order valence-electron chi connectivity index (χ3n) is 1.42. The third kappa shape index (κ3) is 0.960. The lowest BCUT2D eigenvalue weighted by Gasteiger charge is -1.91. The maximum absolute atomic E-state index is 12.5. The predicted molar refractivity (Wildman–Crippen MR) is 37.7 cm³/mol. The fraction of sp³-hybridized carbons (Fsp3) is 0.143. The molecule has 11 heavy (non-hydrogen) atoms. The van der Waals surface area contributed by atoms with Crippen LogP contribution >= 0.6 is 0 Å². The van der Waals surface area contributed by atoms with Gasteiger partial charge in [-0.1, -0.05) is 0 Å². The molecule has 2 rings (SSSR count). The minimum absolute atomic E-state index is 0.497. The van der Waals surface area contributed by atoms with Crippen LogP contribution in [0.3, 0.4) is 0 Å². The van der Waals surface area contributed by atoms with Gasteiger partial charge in [0.1, 0.15) is 0 Å². The monoisotopic (exact) mass is 151 g/mol. The van der Waals surface area contributed by atoms with Crippen LogP contribution in [0.2, 0.25) is 0 Å². The molecule has 0 unspecified atom stereocenters. The molecule has 0 bridgehead atoms. The second-order valence-electron chi connectivity index (χ2n) is 2.34. The molecule has 2 heterocycles. The Morgan fingerprint density at radius 3 is 3.09 bits per heavy atom. The number of rotatable bonds is 0. The lowest BCUT2D eigenvalue weighted by Crippen LogP contribution is -1.91. The fourth-order valence-corrected chi connectivity index (χ4v) is 0.949. The number of hydrogen-bond donors (Lipinski definition) is 0. The van der Waals surface area contributed by atoms with Crippen molar-refractivity contribution >= 4 is 5.65 Å². The molecule has 4 heteroatoms. The van der Waals surface area contributed by atoms with E-state index in [1.165, 1.54) is 10.7 Å². The quantitative estimate of drug-likeness (QED) is 0.565. The maximum atomic E-state index is 12.5. The van der Waals surface area contributed by atoms with Crippen molar-refractivity contribution in [2.75, 3.05) is 0 Å². The molecule has 0 saturated heterocycles. The van der Waals surface area contributed by atoms with Gasteiger partial charge in [-0.15, -0.1) is 0 Å². The Morgan fingerprint density at radius 1 is 1.45 bits per heavy atom. The highest BCUT2D eigenvalue weighted by Gasteiger charge is 1.99. The summed E-state index contributed by atoms with van der Waals surface area (Å²) in [6, 6.07) is 3.52. The number of imidazole rings is 1. The van der Waals surface area contributed by atoms with E-state index < -0.39 is 5.95 Å². The summed E-state index contributed by atoms with van der Waals surface area (Å²) in [5, 5.41) is 4.01. The van der Waals surface area contributed by atoms with Gasteiger partial charge in [0.25, 0.3) is 0 Å². The molecular weight excluding hydrogens is 145 g/mol. The topological polar surface area (TPSA) is 30.2 Å². The van der Waals surface area contributed by atoms with E-state index in [1.807, 2.05) is 6.92 Å². The second kappa shape index (κ2) is 2.02. The molecule has 0 aliphatic rings. The highest BCUT2D eigenvalue weighted by atomic mass is 19.1. The first-order valence-corrected chi connectivity index (χ1v) is 3.24. The van der Waals surface area contributed by atoms with E-state index >= 15 is 0 Å². The van der Waals surface area contributed by atoms with Crippen LogP contribution in [0.4, 0.5) is 4.39 Å². The molecular formula is C7H6FN3. The Bertz CT molecular complexity index is 393. The molecule has 0 radical (unpaired) electrons. The Labute approximate surface area is 62.5 Å². The standard InChI is InChI=1S/C7H6FN3/c1-5-2-3-7-9-6(8)4-11(7)10-5/h2-4H,1H3. The summed E-state index contributed by atoms with van der Waals surface area (Å²) in [5.74, 6) is -0.497. The number of halogens is 1. The van der Waals surface area contributed by atoms with Crippen molar-refractivity contribution in [2.45, 2.75) is 6.92 Å². The molecule has 3 nitrogen and oxygen atoms in total. The zero-order valence-corrected chi connectivity index (χ0v) is 5.95. The molecule has 2 aromatic rings. The first-order valence-electron chi connectivity index (χ1n) is 3.24. The molecule has 56 valence electrons. The van der Waals surface area contributed by atoms with Gasteiger partial charge in [-0.3, -0.25) is 0 Å². The van der Waals surface area contributed by atoms with Gasteiger partial charge >= 0.3 is 0 Å². The Balaban J connectivity index is 2.82. The number of fused-ring (bicyclic) bond motifs is 1. The van der Waals surface area contributed by atoms with Crippen molar-refractivity contribution in [3.05, 3.63) is 30.0 Å². The summed E-state index contributed by atoms with van der Waals surface area (Å²) in [7, 11) is 0. The lowest BCUT2D eigenvalue weighted by molar-refractivity contribution is 0.591. The van der Waals surface area contributed by atoms with Crippen molar-refractivity contribution in [2.24, 2.45) is 0 Å². The SMILES string of the molecule is Cc1ccc2nc(F)cn2n1. The normalized spacial score (nSPS) is 10.7. The van der Waals surface area contributed by atoms with Crippen molar-refractivity contribution < 1.29 is 4.39 Å². The average molecular weight is 151 g/mol. The number of nitrogens with zero attached hydrogens (tertiary/aromatic N) is 3. The Kier molecular flexibility index (Phi) is 1.15. The number of aromatic nitrogens is 3. The van der Waals surface area contributed by atoms with Crippen LogP contribution in [0.5, 0.6) is 0 Å². The minimum Gasteiger partial charge on any atom is -0.218 e. The molecule has 0 spiro atoms. The van der Waals surface area contributed by atoms with Crippen LogP contribution < -0.4 is 0 Å². The van der Waals surface area contributed by atoms with Gasteiger partial charge in [-0.25, -0.2) is 4.52 Å². The first-order chi connectivity index (χ1) is 5.25. The molecule has 2 aromatic heterocycles. The van der Waals surface area contributed by atoms with E-state index in [2.05, 4.69) is 10.1 Å². The lowest BCUT2D eigenvalue weighted by atomic mass is 10.4. The van der Waals surface area contributed by atoms with Crippen molar-refractivity contribution in [1.82, 2.24) is 14.6 Å². The van der Waals surface area contributed by atoms with E-state index in [-0.39, 0.29) is 0 Å². The summed E-state index contributed by atoms with van der Waals surface area (Å²) in [4.78, 5) is 3.59. The molecule has 0 atom stereocenters. The third-order valence-corrected chi connectivity index (χ3v) is 1.42. The van der Waals surface area contributed by atoms with Gasteiger partial charge in [0.05, 0.1) is 11.9 Å². The maximum Gasteiger partial charge on any atom is 0.233 e. The van der Waals surface area contributed by atoms with Gasteiger partial charge in [0.2, 0.25) is 5.95 Å². The van der Waals surface area contributed by atoms with Gasteiger partial charge < -0.3 is 0 Å². The van der Waals surface area contributed by atoms with E-state index in [0.717, 1.165) is 5.69 Å². The van der Waals surface area contributed by atoms with Crippen LogP contribution in [-0.4, -0.2) is 14.6 Å². The number of hydrogen-bond acceptors (Lipinski definition) is 2. The summed E-state index contributed by atoms with van der Waals surface area (Å²) in [5.41, 5.74) is 1.38. The van der Waals surface area contributed by atoms with Crippen LogP contribution in [0.25, 0.3) is 5.65 Å². The zero-order chi connectivity index (χ0) is 7.84. The summed E-state index contributed by atoms with van der Waals surface area (Å²) >= 11 is 0. The Hall–Kier alpha value is -1.45. The van der Waals surface area contributed by atoms with Gasteiger partial charge in [-0.05, 0) is 19.1 Å². The van der Waals surface area contributed by atoms with Crippen LogP contribution in [0, 0.1) is 12.9 Å². The number of aryl methyl sites for hydroxylation is 1. The van der Waals surface area contributed by atoms with E-state index in [1.54, 1.807) is 12.1 Å². The van der Waals surface area contributed by atoms with E-state index in [4.69, 9.17) is 0 Å². The molecule has 0 fully saturated rings. The highest BCUT2D eigenvalue weighted by Crippen LogP contribution is 2.01. The minimum atomic E-state index is -0.497. The predicted octanol–water partition coefficient (Wildman–Crippen LogP) is 1.18. The van der Waals surface area contributed by atoms with Crippen molar-refractivity contribution in [3.63, 3.8) is 0 Å². The fourth-order valence-electron chi connectivity index (χ4n) is 0.949. The summed E-state index contributed by atoms with van der Waals surface area (Å²) in [6.07, 6.45) is 1.25. The van der Waals surface area contributed by atoms with Crippen molar-refractivity contribution in [3.8, 4) is 0 Å². The van der Waals surface area contributed by atoms with Gasteiger partial charge in [0, 0.05) is 0 Å². The van der Waals surface area contributed by atoms with E-state index in [0.29, 0.717) is 5.65 Å². The smallest absolute Gasteiger partial charge is 0.218 e. The van der Waals surface area contributed by atoms with Crippen LogP contribution in [0.15, 0.2) is 18.3 Å². The van der Waals surface area contributed by atoms with Crippen molar-refractivity contribution in [1.29, 1.82) is 0 Å². The summed E-state index contributed by atoms with van der Waals surface area (Å²) < 4.78 is 13.9. The van der Waals surface area contributed by atoms with E-state index in [9.17, 15) is 4.39 Å². The second-order valence-corrected chi connectivity index (χ2v) is 2.34. The molecule has 0 aromatic carbocycles. The average Bonchev–Trinajstić information content (AvgIpc) is 2.27. The highest BCUT2D eigenvalue weighted by molar-refractivity contribution is 5.36. The summed E-state index contributed by atoms with van der Waals surface area (Å²) in [6.45, 7) is 1.84. The van der Waals surface area contributed by atoms with Gasteiger partial charge in [0.15, 0.2) is 5.65 Å². The molecule has 0 aliphatic heterocycles.